The lowest BCUT2D eigenvalue weighted by atomic mass is 10.2. The van der Waals surface area contributed by atoms with E-state index in [9.17, 15) is 4.39 Å². The fourth-order valence-electron chi connectivity index (χ4n) is 0.696. The van der Waals surface area contributed by atoms with E-state index in [-0.39, 0.29) is 12.7 Å². The van der Waals surface area contributed by atoms with Crippen LogP contribution in [-0.4, -0.2) is 31.5 Å². The van der Waals surface area contributed by atoms with E-state index in [4.69, 9.17) is 4.74 Å². The molecule has 1 N–H and O–H groups in total. The van der Waals surface area contributed by atoms with Gasteiger partial charge in [-0.3, -0.25) is 0 Å². The molecule has 2 nitrogen and oxygen atoms in total. The molecule has 0 saturated carbocycles. The van der Waals surface area contributed by atoms with Gasteiger partial charge in [-0.05, 0) is 13.8 Å². The van der Waals surface area contributed by atoms with Crippen molar-refractivity contribution in [3.63, 3.8) is 0 Å². The van der Waals surface area contributed by atoms with Gasteiger partial charge < -0.3 is 10.1 Å². The van der Waals surface area contributed by atoms with E-state index in [1.807, 2.05) is 0 Å². The summed E-state index contributed by atoms with van der Waals surface area (Å²) >= 11 is 0. The second-order valence-corrected chi connectivity index (χ2v) is 3.31. The Morgan fingerprint density at radius 2 is 2.20 bits per heavy atom. The van der Waals surface area contributed by atoms with Gasteiger partial charge in [0.1, 0.15) is 5.67 Å². The molecule has 1 aliphatic heterocycles. The van der Waals surface area contributed by atoms with Crippen molar-refractivity contribution < 1.29 is 9.13 Å². The van der Waals surface area contributed by atoms with Crippen LogP contribution in [0.5, 0.6) is 0 Å². The summed E-state index contributed by atoms with van der Waals surface area (Å²) < 4.78 is 18.0. The molecule has 0 aromatic rings. The number of alkyl halides is 1. The topological polar surface area (TPSA) is 21.3 Å². The van der Waals surface area contributed by atoms with E-state index in [1.54, 1.807) is 0 Å². The standard InChI is InChI=1S/C7H14FNO/c1-7(2,8)5-10-6-3-9-4-6/h6,9H,3-5H2,1-2H3. The fourth-order valence-corrected chi connectivity index (χ4v) is 0.696. The molecule has 0 unspecified atom stereocenters. The van der Waals surface area contributed by atoms with Gasteiger partial charge in [-0.25, -0.2) is 4.39 Å². The molecule has 0 aromatic carbocycles. The summed E-state index contributed by atoms with van der Waals surface area (Å²) in [6, 6.07) is 0. The highest BCUT2D eigenvalue weighted by molar-refractivity contribution is 4.76. The predicted octanol–water partition coefficient (Wildman–Crippen LogP) is 0.723. The van der Waals surface area contributed by atoms with Crippen LogP contribution in [0.2, 0.25) is 0 Å². The van der Waals surface area contributed by atoms with Crippen LogP contribution in [0.4, 0.5) is 4.39 Å². The lowest BCUT2D eigenvalue weighted by molar-refractivity contribution is -0.0335. The first-order valence-corrected chi connectivity index (χ1v) is 3.59. The normalized spacial score (nSPS) is 20.7. The van der Waals surface area contributed by atoms with Crippen molar-refractivity contribution in [2.45, 2.75) is 25.6 Å². The van der Waals surface area contributed by atoms with Gasteiger partial charge in [0.05, 0.1) is 12.7 Å². The van der Waals surface area contributed by atoms with Crippen molar-refractivity contribution >= 4 is 0 Å². The van der Waals surface area contributed by atoms with Crippen LogP contribution >= 0.6 is 0 Å². The number of halogens is 1. The van der Waals surface area contributed by atoms with Crippen molar-refractivity contribution in [3.05, 3.63) is 0 Å². The van der Waals surface area contributed by atoms with Gasteiger partial charge in [-0.2, -0.15) is 0 Å². The minimum atomic E-state index is -1.18. The molecule has 0 atom stereocenters. The summed E-state index contributed by atoms with van der Waals surface area (Å²) in [6.07, 6.45) is 0.245. The molecule has 1 fully saturated rings. The molecule has 0 radical (unpaired) electrons. The van der Waals surface area contributed by atoms with E-state index in [1.165, 1.54) is 13.8 Å². The summed E-state index contributed by atoms with van der Waals surface area (Å²) in [4.78, 5) is 0. The summed E-state index contributed by atoms with van der Waals surface area (Å²) in [7, 11) is 0. The van der Waals surface area contributed by atoms with Crippen LogP contribution in [0.1, 0.15) is 13.8 Å². The van der Waals surface area contributed by atoms with Gasteiger partial charge in [0.2, 0.25) is 0 Å². The second kappa shape index (κ2) is 2.84. The first kappa shape index (κ1) is 7.95. The molecule has 1 saturated heterocycles. The van der Waals surface area contributed by atoms with Crippen molar-refractivity contribution in [2.75, 3.05) is 19.7 Å². The van der Waals surface area contributed by atoms with Crippen LogP contribution in [-0.2, 0) is 4.74 Å². The van der Waals surface area contributed by atoms with Crippen molar-refractivity contribution in [2.24, 2.45) is 0 Å². The maximum atomic E-state index is 12.8. The van der Waals surface area contributed by atoms with Crippen LogP contribution < -0.4 is 5.32 Å². The van der Waals surface area contributed by atoms with Gasteiger partial charge in [-0.15, -0.1) is 0 Å². The van der Waals surface area contributed by atoms with Gasteiger partial charge in [0.25, 0.3) is 0 Å². The molecule has 0 aromatic heterocycles. The summed E-state index contributed by atoms with van der Waals surface area (Å²) in [6.45, 7) is 5.00. The lowest BCUT2D eigenvalue weighted by Crippen LogP contribution is -2.49. The molecule has 1 aliphatic rings. The first-order valence-electron chi connectivity index (χ1n) is 3.59. The maximum Gasteiger partial charge on any atom is 0.128 e. The zero-order valence-corrected chi connectivity index (χ0v) is 6.48. The average Bonchev–Trinajstić information content (AvgIpc) is 1.56. The molecular weight excluding hydrogens is 133 g/mol. The van der Waals surface area contributed by atoms with Gasteiger partial charge in [0, 0.05) is 13.1 Å². The summed E-state index contributed by atoms with van der Waals surface area (Å²) in [5.41, 5.74) is -1.18. The van der Waals surface area contributed by atoms with Crippen molar-refractivity contribution in [1.29, 1.82) is 0 Å². The quantitative estimate of drug-likeness (QED) is 0.635. The van der Waals surface area contributed by atoms with Gasteiger partial charge in [-0.1, -0.05) is 0 Å². The molecule has 0 aliphatic carbocycles. The Bertz CT molecular complexity index is 107. The number of ether oxygens (including phenoxy) is 1. The highest BCUT2D eigenvalue weighted by Gasteiger charge is 2.22. The van der Waals surface area contributed by atoms with Gasteiger partial charge in [0.15, 0.2) is 0 Å². The maximum absolute atomic E-state index is 12.8. The van der Waals surface area contributed by atoms with E-state index in [0.717, 1.165) is 13.1 Å². The summed E-state index contributed by atoms with van der Waals surface area (Å²) in [5, 5.41) is 3.05. The van der Waals surface area contributed by atoms with Crippen LogP contribution in [0.15, 0.2) is 0 Å². The minimum absolute atomic E-state index is 0.208. The molecule has 0 spiro atoms. The van der Waals surface area contributed by atoms with Gasteiger partial charge >= 0.3 is 0 Å². The van der Waals surface area contributed by atoms with E-state index < -0.39 is 5.67 Å². The monoisotopic (exact) mass is 147 g/mol. The third-order valence-electron chi connectivity index (χ3n) is 1.41. The molecular formula is C7H14FNO. The largest absolute Gasteiger partial charge is 0.372 e. The Balaban J connectivity index is 2.04. The number of hydrogen-bond acceptors (Lipinski definition) is 2. The second-order valence-electron chi connectivity index (χ2n) is 3.31. The highest BCUT2D eigenvalue weighted by atomic mass is 19.1. The Labute approximate surface area is 60.8 Å². The molecule has 3 heteroatoms. The zero-order chi connectivity index (χ0) is 7.61. The third kappa shape index (κ3) is 2.62. The van der Waals surface area contributed by atoms with Crippen molar-refractivity contribution in [3.8, 4) is 0 Å². The Hall–Kier alpha value is -0.150. The Morgan fingerprint density at radius 3 is 2.50 bits per heavy atom. The van der Waals surface area contributed by atoms with Crippen LogP contribution in [0.3, 0.4) is 0 Å². The fraction of sp³-hybridized carbons (Fsp3) is 1.00. The molecule has 10 heavy (non-hydrogen) atoms. The molecule has 1 heterocycles. The molecule has 60 valence electrons. The minimum Gasteiger partial charge on any atom is -0.372 e. The van der Waals surface area contributed by atoms with Crippen molar-refractivity contribution in [1.82, 2.24) is 5.32 Å². The first-order chi connectivity index (χ1) is 4.58. The molecule has 1 rings (SSSR count). The number of hydrogen-bond donors (Lipinski definition) is 1. The van der Waals surface area contributed by atoms with E-state index in [0.29, 0.717) is 0 Å². The lowest BCUT2D eigenvalue weighted by Gasteiger charge is -2.29. The van der Waals surface area contributed by atoms with E-state index in [2.05, 4.69) is 5.32 Å². The smallest absolute Gasteiger partial charge is 0.128 e. The zero-order valence-electron chi connectivity index (χ0n) is 6.48. The molecule has 0 bridgehead atoms. The Kier molecular flexibility index (Phi) is 2.26. The average molecular weight is 147 g/mol. The summed E-state index contributed by atoms with van der Waals surface area (Å²) in [5.74, 6) is 0. The Morgan fingerprint density at radius 1 is 1.60 bits per heavy atom. The van der Waals surface area contributed by atoms with E-state index >= 15 is 0 Å². The number of rotatable bonds is 3. The van der Waals surface area contributed by atoms with Crippen LogP contribution in [0.25, 0.3) is 0 Å². The third-order valence-corrected chi connectivity index (χ3v) is 1.41. The molecule has 0 amide bonds. The number of nitrogens with one attached hydrogen (secondary N) is 1. The highest BCUT2D eigenvalue weighted by Crippen LogP contribution is 2.10. The SMILES string of the molecule is CC(C)(F)COC1CNC1. The van der Waals surface area contributed by atoms with Crippen LogP contribution in [0, 0.1) is 0 Å². The predicted molar refractivity (Wildman–Crippen MR) is 37.8 cm³/mol.